The summed E-state index contributed by atoms with van der Waals surface area (Å²) in [6.45, 7) is 4.30. The van der Waals surface area contributed by atoms with Crippen LogP contribution in [0.5, 0.6) is 0 Å². The highest BCUT2D eigenvalue weighted by molar-refractivity contribution is 5.82. The van der Waals surface area contributed by atoms with Gasteiger partial charge in [0.1, 0.15) is 0 Å². The predicted octanol–water partition coefficient (Wildman–Crippen LogP) is 2.27. The van der Waals surface area contributed by atoms with Gasteiger partial charge in [-0.05, 0) is 62.8 Å². The number of carbonyl (C=O) groups is 1. The highest BCUT2D eigenvalue weighted by atomic mass is 16.2. The molecule has 2 bridgehead atoms. The van der Waals surface area contributed by atoms with E-state index in [1.165, 1.54) is 32.1 Å². The third-order valence-corrected chi connectivity index (χ3v) is 5.78. The summed E-state index contributed by atoms with van der Waals surface area (Å²) < 4.78 is 0. The molecular formula is C16H28N2O. The summed E-state index contributed by atoms with van der Waals surface area (Å²) >= 11 is 0. The van der Waals surface area contributed by atoms with Gasteiger partial charge in [-0.15, -0.1) is 0 Å². The number of likely N-dealkylation sites (tertiary alicyclic amines) is 1. The number of amides is 1. The Morgan fingerprint density at radius 3 is 2.68 bits per heavy atom. The summed E-state index contributed by atoms with van der Waals surface area (Å²) in [5.41, 5.74) is 0. The molecule has 0 aromatic carbocycles. The van der Waals surface area contributed by atoms with Crippen LogP contribution in [0, 0.1) is 23.7 Å². The van der Waals surface area contributed by atoms with Crippen molar-refractivity contribution < 1.29 is 4.79 Å². The molecular weight excluding hydrogens is 236 g/mol. The van der Waals surface area contributed by atoms with E-state index in [9.17, 15) is 4.79 Å². The molecule has 3 rings (SSSR count). The Kier molecular flexibility index (Phi) is 3.84. The van der Waals surface area contributed by atoms with E-state index in [0.29, 0.717) is 11.8 Å². The van der Waals surface area contributed by atoms with E-state index in [1.807, 2.05) is 7.05 Å². The molecule has 2 aliphatic carbocycles. The van der Waals surface area contributed by atoms with Crippen LogP contribution in [0.15, 0.2) is 0 Å². The highest BCUT2D eigenvalue weighted by Gasteiger charge is 2.41. The summed E-state index contributed by atoms with van der Waals surface area (Å²) in [6, 6.07) is 0.0588. The van der Waals surface area contributed by atoms with Gasteiger partial charge in [-0.1, -0.05) is 13.3 Å². The van der Waals surface area contributed by atoms with Gasteiger partial charge in [0.05, 0.1) is 6.04 Å². The number of nitrogens with zero attached hydrogens (tertiary/aromatic N) is 1. The largest absolute Gasteiger partial charge is 0.341 e. The number of hydrogen-bond donors (Lipinski definition) is 1. The molecule has 5 unspecified atom stereocenters. The quantitative estimate of drug-likeness (QED) is 0.848. The molecule has 0 spiro atoms. The molecule has 0 radical (unpaired) electrons. The smallest absolute Gasteiger partial charge is 0.239 e. The van der Waals surface area contributed by atoms with E-state index < -0.39 is 0 Å². The van der Waals surface area contributed by atoms with E-state index in [0.717, 1.165) is 37.3 Å². The van der Waals surface area contributed by atoms with E-state index in [1.54, 1.807) is 0 Å². The van der Waals surface area contributed by atoms with Crippen molar-refractivity contribution in [3.05, 3.63) is 0 Å². The molecule has 1 heterocycles. The molecule has 108 valence electrons. The van der Waals surface area contributed by atoms with Crippen LogP contribution in [0.4, 0.5) is 0 Å². The van der Waals surface area contributed by atoms with E-state index in [-0.39, 0.29) is 6.04 Å². The first-order chi connectivity index (χ1) is 9.17. The van der Waals surface area contributed by atoms with Crippen molar-refractivity contribution in [2.45, 2.75) is 51.5 Å². The maximum atomic E-state index is 12.6. The minimum absolute atomic E-state index is 0.0588. The van der Waals surface area contributed by atoms with Gasteiger partial charge in [0, 0.05) is 13.1 Å². The van der Waals surface area contributed by atoms with Gasteiger partial charge in [0.15, 0.2) is 0 Å². The summed E-state index contributed by atoms with van der Waals surface area (Å²) in [6.07, 6.45) is 7.87. The van der Waals surface area contributed by atoms with Crippen molar-refractivity contribution in [3.63, 3.8) is 0 Å². The van der Waals surface area contributed by atoms with Gasteiger partial charge in [-0.2, -0.15) is 0 Å². The summed E-state index contributed by atoms with van der Waals surface area (Å²) in [4.78, 5) is 14.8. The van der Waals surface area contributed by atoms with Crippen LogP contribution in [-0.4, -0.2) is 37.0 Å². The Morgan fingerprint density at radius 1 is 1.21 bits per heavy atom. The number of carbonyl (C=O) groups excluding carboxylic acids is 1. The van der Waals surface area contributed by atoms with E-state index >= 15 is 0 Å². The second-order valence-electron chi connectivity index (χ2n) is 7.20. The molecule has 0 aromatic rings. The minimum atomic E-state index is 0.0588. The van der Waals surface area contributed by atoms with Crippen molar-refractivity contribution in [2.24, 2.45) is 23.7 Å². The number of rotatable bonds is 3. The molecule has 3 nitrogen and oxygen atoms in total. The number of nitrogens with one attached hydrogen (secondary N) is 1. The van der Waals surface area contributed by atoms with Crippen molar-refractivity contribution in [1.29, 1.82) is 0 Å². The molecule has 1 N–H and O–H groups in total. The lowest BCUT2D eigenvalue weighted by Crippen LogP contribution is -2.46. The molecule has 3 fully saturated rings. The van der Waals surface area contributed by atoms with E-state index in [2.05, 4.69) is 17.1 Å². The zero-order valence-electron chi connectivity index (χ0n) is 12.4. The fourth-order valence-electron chi connectivity index (χ4n) is 4.67. The lowest BCUT2D eigenvalue weighted by molar-refractivity contribution is -0.133. The molecule has 5 atom stereocenters. The standard InChI is InChI=1S/C16H28N2O/c1-11-3-6-15(17-2)16(19)18(9-11)10-14-8-12-4-5-13(14)7-12/h11-15,17H,3-10H2,1-2H3. The Balaban J connectivity index is 1.65. The summed E-state index contributed by atoms with van der Waals surface area (Å²) in [5.74, 6) is 3.71. The topological polar surface area (TPSA) is 32.3 Å². The Labute approximate surface area is 117 Å². The number of fused-ring (bicyclic) bond motifs is 2. The van der Waals surface area contributed by atoms with Gasteiger partial charge >= 0.3 is 0 Å². The fourth-order valence-corrected chi connectivity index (χ4v) is 4.67. The van der Waals surface area contributed by atoms with Gasteiger partial charge in [0.2, 0.25) is 5.91 Å². The molecule has 19 heavy (non-hydrogen) atoms. The van der Waals surface area contributed by atoms with Gasteiger partial charge in [-0.25, -0.2) is 0 Å². The Bertz CT molecular complexity index is 344. The number of likely N-dealkylation sites (N-methyl/N-ethyl adjacent to an activating group) is 1. The summed E-state index contributed by atoms with van der Waals surface area (Å²) in [5, 5.41) is 3.21. The van der Waals surface area contributed by atoms with Crippen molar-refractivity contribution >= 4 is 5.91 Å². The third-order valence-electron chi connectivity index (χ3n) is 5.78. The zero-order valence-corrected chi connectivity index (χ0v) is 12.4. The first-order valence-electron chi connectivity index (χ1n) is 8.13. The lowest BCUT2D eigenvalue weighted by atomic mass is 9.88. The Morgan fingerprint density at radius 2 is 2.05 bits per heavy atom. The predicted molar refractivity (Wildman–Crippen MR) is 76.8 cm³/mol. The average molecular weight is 264 g/mol. The Hall–Kier alpha value is -0.570. The molecule has 1 amide bonds. The number of hydrogen-bond acceptors (Lipinski definition) is 2. The normalized spacial score (nSPS) is 42.7. The highest BCUT2D eigenvalue weighted by Crippen LogP contribution is 2.48. The molecule has 1 saturated heterocycles. The monoisotopic (exact) mass is 264 g/mol. The molecule has 3 aliphatic rings. The lowest BCUT2D eigenvalue weighted by Gasteiger charge is -2.31. The maximum Gasteiger partial charge on any atom is 0.239 e. The summed E-state index contributed by atoms with van der Waals surface area (Å²) in [7, 11) is 1.92. The van der Waals surface area contributed by atoms with Crippen LogP contribution in [0.1, 0.15) is 45.4 Å². The van der Waals surface area contributed by atoms with Crippen molar-refractivity contribution in [3.8, 4) is 0 Å². The van der Waals surface area contributed by atoms with Crippen LogP contribution in [0.25, 0.3) is 0 Å². The first-order valence-corrected chi connectivity index (χ1v) is 8.13. The van der Waals surface area contributed by atoms with Crippen molar-refractivity contribution in [1.82, 2.24) is 10.2 Å². The van der Waals surface area contributed by atoms with E-state index in [4.69, 9.17) is 0 Å². The maximum absolute atomic E-state index is 12.6. The second-order valence-corrected chi connectivity index (χ2v) is 7.20. The SMILES string of the molecule is CNC1CCC(C)CN(CC2CC3CCC2C3)C1=O. The fraction of sp³-hybridized carbons (Fsp3) is 0.938. The van der Waals surface area contributed by atoms with Crippen LogP contribution < -0.4 is 5.32 Å². The average Bonchev–Trinajstić information content (AvgIpc) is 2.97. The first kappa shape index (κ1) is 13.4. The van der Waals surface area contributed by atoms with Gasteiger partial charge in [0.25, 0.3) is 0 Å². The second kappa shape index (κ2) is 5.43. The molecule has 0 aromatic heterocycles. The molecule has 2 saturated carbocycles. The van der Waals surface area contributed by atoms with Crippen LogP contribution >= 0.6 is 0 Å². The van der Waals surface area contributed by atoms with Crippen molar-refractivity contribution in [2.75, 3.05) is 20.1 Å². The molecule has 3 heteroatoms. The van der Waals surface area contributed by atoms with Crippen LogP contribution in [-0.2, 0) is 4.79 Å². The molecule has 1 aliphatic heterocycles. The van der Waals surface area contributed by atoms with Crippen LogP contribution in [0.3, 0.4) is 0 Å². The zero-order chi connectivity index (χ0) is 13.4. The van der Waals surface area contributed by atoms with Gasteiger partial charge in [-0.3, -0.25) is 4.79 Å². The minimum Gasteiger partial charge on any atom is -0.341 e. The van der Waals surface area contributed by atoms with Crippen LogP contribution in [0.2, 0.25) is 0 Å². The van der Waals surface area contributed by atoms with Gasteiger partial charge < -0.3 is 10.2 Å². The third kappa shape index (κ3) is 2.67.